The molecule has 0 aromatic carbocycles. The number of fused-ring (bicyclic) bond motifs is 1. The summed E-state index contributed by atoms with van der Waals surface area (Å²) >= 11 is 0. The average molecular weight is 196 g/mol. The molecule has 1 unspecified atom stereocenters. The fourth-order valence-electron chi connectivity index (χ4n) is 1.98. The van der Waals surface area contributed by atoms with Crippen LogP contribution in [0.1, 0.15) is 43.2 Å². The molecule has 0 saturated heterocycles. The number of methoxy groups -OCH3 is 1. The van der Waals surface area contributed by atoms with Gasteiger partial charge >= 0.3 is 0 Å². The Balaban J connectivity index is 2.32. The molecule has 2 rings (SSSR count). The van der Waals surface area contributed by atoms with Gasteiger partial charge < -0.3 is 10.6 Å². The Bertz CT molecular complexity index is 310. The van der Waals surface area contributed by atoms with Crippen LogP contribution in [0.3, 0.4) is 0 Å². The van der Waals surface area contributed by atoms with Crippen LogP contribution in [0.25, 0.3) is 0 Å². The van der Waals surface area contributed by atoms with Gasteiger partial charge in [-0.2, -0.15) is 4.79 Å². The molecule has 0 aliphatic heterocycles. The third-order valence-corrected chi connectivity index (χ3v) is 2.79. The van der Waals surface area contributed by atoms with Gasteiger partial charge in [0.15, 0.2) is 0 Å². The van der Waals surface area contributed by atoms with E-state index in [0.717, 1.165) is 30.7 Å². The van der Waals surface area contributed by atoms with Crippen molar-refractivity contribution in [1.29, 1.82) is 0 Å². The minimum absolute atomic E-state index is 0.0719. The van der Waals surface area contributed by atoms with Crippen LogP contribution in [0.15, 0.2) is 0 Å². The van der Waals surface area contributed by atoms with Gasteiger partial charge in [-0.05, 0) is 24.5 Å². The third-order valence-electron chi connectivity index (χ3n) is 2.79. The van der Waals surface area contributed by atoms with E-state index in [9.17, 15) is 0 Å². The third kappa shape index (κ3) is 1.59. The van der Waals surface area contributed by atoms with Crippen LogP contribution < -0.4 is 5.84 Å². The summed E-state index contributed by atoms with van der Waals surface area (Å²) in [5.74, 6) is 5.69. The lowest BCUT2D eigenvalue weighted by atomic mass is 9.99. The normalized spacial score (nSPS) is 22.5. The molecule has 0 bridgehead atoms. The van der Waals surface area contributed by atoms with Crippen molar-refractivity contribution >= 4 is 0 Å². The highest BCUT2D eigenvalue weighted by atomic mass is 16.5. The van der Waals surface area contributed by atoms with Crippen molar-refractivity contribution in [3.05, 3.63) is 11.4 Å². The molecular formula is C9H16N4O. The molecular weight excluding hydrogens is 180 g/mol. The van der Waals surface area contributed by atoms with Crippen LogP contribution in [0, 0.1) is 0 Å². The van der Waals surface area contributed by atoms with Gasteiger partial charge in [0.1, 0.15) is 11.8 Å². The first-order valence-electron chi connectivity index (χ1n) is 5.05. The van der Waals surface area contributed by atoms with Crippen LogP contribution in [0.5, 0.6) is 0 Å². The Hall–Kier alpha value is -1.10. The second-order valence-corrected chi connectivity index (χ2v) is 3.69. The fraction of sp³-hybridized carbons (Fsp3) is 0.778. The van der Waals surface area contributed by atoms with Gasteiger partial charge in [-0.3, -0.25) is 0 Å². The molecule has 78 valence electrons. The molecule has 1 atom stereocenters. The smallest absolute Gasteiger partial charge is 0.117 e. The molecule has 5 heteroatoms. The van der Waals surface area contributed by atoms with Crippen LogP contribution in [-0.4, -0.2) is 22.2 Å². The summed E-state index contributed by atoms with van der Waals surface area (Å²) in [6.45, 7) is 0. The van der Waals surface area contributed by atoms with Crippen molar-refractivity contribution in [2.45, 2.75) is 38.2 Å². The summed E-state index contributed by atoms with van der Waals surface area (Å²) < 4.78 is 5.40. The molecule has 5 nitrogen and oxygen atoms in total. The highest BCUT2D eigenvalue weighted by Crippen LogP contribution is 2.27. The maximum atomic E-state index is 5.69. The molecule has 2 N–H and O–H groups in total. The molecule has 0 radical (unpaired) electrons. The predicted octanol–water partition coefficient (Wildman–Crippen LogP) is 0.796. The van der Waals surface area contributed by atoms with E-state index < -0.39 is 0 Å². The first kappa shape index (κ1) is 9.45. The van der Waals surface area contributed by atoms with Gasteiger partial charge in [0.2, 0.25) is 0 Å². The number of nitrogens with two attached hydrogens (primary N) is 1. The number of nitrogens with zero attached hydrogens (tertiary/aromatic N) is 3. The van der Waals surface area contributed by atoms with Gasteiger partial charge in [-0.25, -0.2) is 0 Å². The summed E-state index contributed by atoms with van der Waals surface area (Å²) in [4.78, 5) is 1.38. The lowest BCUT2D eigenvalue weighted by molar-refractivity contribution is 0.0872. The van der Waals surface area contributed by atoms with Crippen molar-refractivity contribution in [3.63, 3.8) is 0 Å². The van der Waals surface area contributed by atoms with E-state index in [0.29, 0.717) is 0 Å². The zero-order valence-corrected chi connectivity index (χ0v) is 8.44. The Morgan fingerprint density at radius 3 is 3.07 bits per heavy atom. The average Bonchev–Trinajstić information content (AvgIpc) is 2.48. The number of hydrogen-bond donors (Lipinski definition) is 1. The van der Waals surface area contributed by atoms with E-state index in [2.05, 4.69) is 10.3 Å². The minimum atomic E-state index is 0.0719. The van der Waals surface area contributed by atoms with Gasteiger partial charge in [0.25, 0.3) is 0 Å². The zero-order valence-electron chi connectivity index (χ0n) is 8.44. The molecule has 0 amide bonds. The van der Waals surface area contributed by atoms with Crippen molar-refractivity contribution in [3.8, 4) is 0 Å². The van der Waals surface area contributed by atoms with Gasteiger partial charge in [-0.1, -0.05) is 12.8 Å². The van der Waals surface area contributed by atoms with E-state index in [4.69, 9.17) is 10.6 Å². The van der Waals surface area contributed by atoms with Crippen molar-refractivity contribution in [2.24, 2.45) is 0 Å². The number of hydrogen-bond acceptors (Lipinski definition) is 4. The summed E-state index contributed by atoms with van der Waals surface area (Å²) in [5, 5.41) is 7.92. The van der Waals surface area contributed by atoms with Crippen molar-refractivity contribution in [2.75, 3.05) is 13.0 Å². The van der Waals surface area contributed by atoms with E-state index in [1.54, 1.807) is 7.11 Å². The molecule has 1 aliphatic rings. The van der Waals surface area contributed by atoms with Crippen LogP contribution in [-0.2, 0) is 11.2 Å². The second-order valence-electron chi connectivity index (χ2n) is 3.69. The highest BCUT2D eigenvalue weighted by Gasteiger charge is 2.22. The summed E-state index contributed by atoms with van der Waals surface area (Å²) in [7, 11) is 1.71. The minimum Gasteiger partial charge on any atom is -0.375 e. The topological polar surface area (TPSA) is 66.0 Å². The molecule has 1 aliphatic carbocycles. The number of aromatic nitrogens is 3. The zero-order chi connectivity index (χ0) is 9.97. The lowest BCUT2D eigenvalue weighted by Crippen LogP contribution is -2.16. The molecule has 0 spiro atoms. The summed E-state index contributed by atoms with van der Waals surface area (Å²) in [5.41, 5.74) is 1.95. The Labute approximate surface area is 83.2 Å². The maximum Gasteiger partial charge on any atom is 0.117 e. The first-order chi connectivity index (χ1) is 6.83. The Morgan fingerprint density at radius 2 is 2.29 bits per heavy atom. The molecule has 14 heavy (non-hydrogen) atoms. The summed E-state index contributed by atoms with van der Waals surface area (Å²) in [6, 6.07) is 0. The number of rotatable bonds is 1. The van der Waals surface area contributed by atoms with E-state index in [-0.39, 0.29) is 6.10 Å². The van der Waals surface area contributed by atoms with Crippen LogP contribution >= 0.6 is 0 Å². The standard InChI is InChI=1S/C9H16N4O/c1-14-8-6-4-2-3-5-7-9(8)11-12-13(7)10/h8H,2-6,10H2,1H3. The van der Waals surface area contributed by atoms with E-state index >= 15 is 0 Å². The Morgan fingerprint density at radius 1 is 1.43 bits per heavy atom. The van der Waals surface area contributed by atoms with Crippen molar-refractivity contribution in [1.82, 2.24) is 15.1 Å². The van der Waals surface area contributed by atoms with Gasteiger partial charge in [0.05, 0.1) is 5.69 Å². The molecule has 1 aromatic heterocycles. The summed E-state index contributed by atoms with van der Waals surface area (Å²) in [6.07, 6.45) is 5.62. The Kier molecular flexibility index (Phi) is 2.67. The monoisotopic (exact) mass is 196 g/mol. The van der Waals surface area contributed by atoms with Gasteiger partial charge in [0, 0.05) is 7.11 Å². The SMILES string of the molecule is COC1CCCCCc2c1nnn2N. The fourth-order valence-corrected chi connectivity index (χ4v) is 1.98. The van der Waals surface area contributed by atoms with Crippen LogP contribution in [0.2, 0.25) is 0 Å². The van der Waals surface area contributed by atoms with Crippen molar-refractivity contribution < 1.29 is 4.74 Å². The molecule has 0 saturated carbocycles. The molecule has 1 aromatic rings. The number of nitrogen functional groups attached to an aromatic ring is 1. The quantitative estimate of drug-likeness (QED) is 0.674. The lowest BCUT2D eigenvalue weighted by Gasteiger charge is -2.17. The highest BCUT2D eigenvalue weighted by molar-refractivity contribution is 5.14. The van der Waals surface area contributed by atoms with Crippen LogP contribution in [0.4, 0.5) is 0 Å². The maximum absolute atomic E-state index is 5.69. The second kappa shape index (κ2) is 3.96. The van der Waals surface area contributed by atoms with E-state index in [1.807, 2.05) is 0 Å². The first-order valence-corrected chi connectivity index (χ1v) is 5.05. The van der Waals surface area contributed by atoms with Gasteiger partial charge in [-0.15, -0.1) is 5.10 Å². The largest absolute Gasteiger partial charge is 0.375 e. The predicted molar refractivity (Wildman–Crippen MR) is 52.1 cm³/mol. The molecule has 1 heterocycles. The number of ether oxygens (including phenoxy) is 1. The molecule has 0 fully saturated rings. The van der Waals surface area contributed by atoms with E-state index in [1.165, 1.54) is 17.6 Å².